The number of nitrogens with zero attached hydrogens (tertiary/aromatic N) is 4. The fourth-order valence-corrected chi connectivity index (χ4v) is 5.32. The van der Waals surface area contributed by atoms with Crippen LogP contribution in [-0.4, -0.2) is 0 Å². The van der Waals surface area contributed by atoms with Gasteiger partial charge in [0.1, 0.15) is 35.4 Å². The summed E-state index contributed by atoms with van der Waals surface area (Å²) in [6, 6.07) is 12.6. The molecule has 0 N–H and O–H groups in total. The standard InChI is InChI=1S/C22H6F2N4S2/c23-16-5-11(7-25)6-17(24)20(16)15(10-28)19-14-2-4-29-21(14)18(12(8-26)9-27)13-1-3-30-22(13)19/h1-6H/b19-15-. The zero-order chi connectivity index (χ0) is 21.4. The van der Waals surface area contributed by atoms with E-state index in [9.17, 15) is 24.6 Å². The van der Waals surface area contributed by atoms with Crippen molar-refractivity contribution in [2.24, 2.45) is 0 Å². The lowest BCUT2D eigenvalue weighted by Gasteiger charge is -2.07. The van der Waals surface area contributed by atoms with Gasteiger partial charge < -0.3 is 0 Å². The Hall–Kier alpha value is -4.08. The van der Waals surface area contributed by atoms with Gasteiger partial charge in [-0.05, 0) is 35.0 Å². The fraction of sp³-hybridized carbons (Fsp3) is 0. The molecule has 0 saturated heterocycles. The Labute approximate surface area is 176 Å². The maximum absolute atomic E-state index is 14.7. The highest BCUT2D eigenvalue weighted by Crippen LogP contribution is 2.27. The number of hydrogen-bond acceptors (Lipinski definition) is 6. The largest absolute Gasteiger partial charge is 0.206 e. The molecule has 0 radical (unpaired) electrons. The van der Waals surface area contributed by atoms with Gasteiger partial charge in [0.2, 0.25) is 0 Å². The lowest BCUT2D eigenvalue weighted by Crippen LogP contribution is -2.17. The first kappa shape index (κ1) is 19.2. The maximum Gasteiger partial charge on any atom is 0.138 e. The van der Waals surface area contributed by atoms with Crippen LogP contribution in [-0.2, 0) is 0 Å². The van der Waals surface area contributed by atoms with Crippen LogP contribution in [0.15, 0.2) is 35.0 Å². The van der Waals surface area contributed by atoms with Crippen LogP contribution in [0.2, 0.25) is 0 Å². The highest BCUT2D eigenvalue weighted by atomic mass is 32.1. The van der Waals surface area contributed by atoms with E-state index in [4.69, 9.17) is 5.26 Å². The smallest absolute Gasteiger partial charge is 0.138 e. The molecule has 0 aliphatic carbocycles. The van der Waals surface area contributed by atoms with Gasteiger partial charge in [0.15, 0.2) is 0 Å². The highest BCUT2D eigenvalue weighted by molar-refractivity contribution is 7.18. The quantitative estimate of drug-likeness (QED) is 0.454. The summed E-state index contributed by atoms with van der Waals surface area (Å²) in [7, 11) is 0. The van der Waals surface area contributed by atoms with Crippen LogP contribution >= 0.6 is 22.7 Å². The molecule has 140 valence electrons. The second kappa shape index (κ2) is 7.39. The molecule has 0 saturated carbocycles. The van der Waals surface area contributed by atoms with Gasteiger partial charge in [-0.2, -0.15) is 21.0 Å². The van der Waals surface area contributed by atoms with Gasteiger partial charge in [0.25, 0.3) is 0 Å². The van der Waals surface area contributed by atoms with E-state index < -0.39 is 17.2 Å². The van der Waals surface area contributed by atoms with E-state index in [1.54, 1.807) is 29.0 Å². The van der Waals surface area contributed by atoms with Crippen molar-refractivity contribution >= 4 is 54.0 Å². The fourth-order valence-electron chi connectivity index (χ4n) is 3.39. The van der Waals surface area contributed by atoms with Gasteiger partial charge in [-0.15, -0.1) is 22.7 Å². The summed E-state index contributed by atoms with van der Waals surface area (Å²) >= 11 is 2.52. The van der Waals surface area contributed by atoms with E-state index in [1.165, 1.54) is 22.7 Å². The third kappa shape index (κ3) is 2.72. The van der Waals surface area contributed by atoms with Crippen LogP contribution in [0.5, 0.6) is 0 Å². The summed E-state index contributed by atoms with van der Waals surface area (Å²) in [5, 5.41) is 43.0. The molecule has 0 fully saturated rings. The predicted octanol–water partition coefficient (Wildman–Crippen LogP) is 4.19. The van der Waals surface area contributed by atoms with Crippen molar-refractivity contribution < 1.29 is 8.78 Å². The van der Waals surface area contributed by atoms with Crippen molar-refractivity contribution in [2.45, 2.75) is 0 Å². The summed E-state index contributed by atoms with van der Waals surface area (Å²) in [5.41, 5.74) is -0.999. The van der Waals surface area contributed by atoms with E-state index in [1.807, 2.05) is 18.2 Å². The minimum atomic E-state index is -1.01. The Kier molecular flexibility index (Phi) is 4.74. The molecule has 30 heavy (non-hydrogen) atoms. The zero-order valence-electron chi connectivity index (χ0n) is 14.8. The third-order valence-electron chi connectivity index (χ3n) is 4.58. The first-order valence-electron chi connectivity index (χ1n) is 8.30. The van der Waals surface area contributed by atoms with Crippen molar-refractivity contribution in [3.63, 3.8) is 0 Å². The Morgan fingerprint density at radius 1 is 0.767 bits per heavy atom. The molecule has 0 atom stereocenters. The van der Waals surface area contributed by atoms with Crippen LogP contribution in [0.3, 0.4) is 0 Å². The van der Waals surface area contributed by atoms with Crippen molar-refractivity contribution in [1.29, 1.82) is 21.0 Å². The molecule has 0 spiro atoms. The Morgan fingerprint density at radius 3 is 1.80 bits per heavy atom. The van der Waals surface area contributed by atoms with Crippen LogP contribution in [0.4, 0.5) is 8.78 Å². The highest BCUT2D eigenvalue weighted by Gasteiger charge is 2.20. The number of halogens is 2. The first-order valence-corrected chi connectivity index (χ1v) is 10.1. The SMILES string of the molecule is N#CC(C#N)=c1c2ccsc2/c(=C(/C#N)c2c(F)cc(C#N)cc2F)c2ccsc12. The lowest BCUT2D eigenvalue weighted by molar-refractivity contribution is 0.576. The molecule has 4 aromatic rings. The van der Waals surface area contributed by atoms with E-state index in [0.29, 0.717) is 30.6 Å². The van der Waals surface area contributed by atoms with Gasteiger partial charge in [-0.1, -0.05) is 0 Å². The predicted molar refractivity (Wildman–Crippen MR) is 110 cm³/mol. The van der Waals surface area contributed by atoms with Gasteiger partial charge in [0, 0.05) is 30.6 Å². The molecular formula is C22H6F2N4S2. The second-order valence-electron chi connectivity index (χ2n) is 6.09. The summed E-state index contributed by atoms with van der Waals surface area (Å²) in [5.74, 6) is -2.02. The number of nitriles is 4. The molecule has 4 rings (SSSR count). The summed E-state index contributed by atoms with van der Waals surface area (Å²) in [6.45, 7) is 0. The average molecular weight is 428 g/mol. The van der Waals surface area contributed by atoms with E-state index in [2.05, 4.69) is 0 Å². The number of thiophene rings is 2. The normalized spacial score (nSPS) is 11.4. The van der Waals surface area contributed by atoms with E-state index in [0.717, 1.165) is 12.1 Å². The molecule has 0 aliphatic rings. The van der Waals surface area contributed by atoms with Crippen molar-refractivity contribution in [3.05, 3.63) is 68.2 Å². The van der Waals surface area contributed by atoms with Gasteiger partial charge in [-0.3, -0.25) is 0 Å². The topological polar surface area (TPSA) is 95.2 Å². The summed E-state index contributed by atoms with van der Waals surface area (Å²) in [4.78, 5) is 0. The summed E-state index contributed by atoms with van der Waals surface area (Å²) < 4.78 is 30.6. The Morgan fingerprint density at radius 2 is 1.30 bits per heavy atom. The minimum Gasteiger partial charge on any atom is -0.206 e. The molecule has 0 aliphatic heterocycles. The first-order chi connectivity index (χ1) is 14.5. The second-order valence-corrected chi connectivity index (χ2v) is 7.92. The Balaban J connectivity index is 2.36. The van der Waals surface area contributed by atoms with Gasteiger partial charge >= 0.3 is 0 Å². The monoisotopic (exact) mass is 428 g/mol. The number of hydrogen-bond donors (Lipinski definition) is 0. The molecular weight excluding hydrogens is 422 g/mol. The van der Waals surface area contributed by atoms with Crippen LogP contribution in [0.25, 0.3) is 31.3 Å². The number of rotatable bonds is 1. The molecule has 0 unspecified atom stereocenters. The van der Waals surface area contributed by atoms with E-state index >= 15 is 0 Å². The molecule has 2 aromatic carbocycles. The Bertz CT molecular complexity index is 1570. The average Bonchev–Trinajstić information content (AvgIpc) is 3.41. The van der Waals surface area contributed by atoms with Crippen molar-refractivity contribution in [2.75, 3.05) is 0 Å². The minimum absolute atomic E-state index is 0.0772. The summed E-state index contributed by atoms with van der Waals surface area (Å²) in [6.07, 6.45) is 0. The van der Waals surface area contributed by atoms with Gasteiger partial charge in [-0.25, -0.2) is 8.78 Å². The molecule has 2 aromatic heterocycles. The molecule has 2 heterocycles. The van der Waals surface area contributed by atoms with Crippen molar-refractivity contribution in [1.82, 2.24) is 0 Å². The lowest BCUT2D eigenvalue weighted by atomic mass is 9.97. The molecule has 0 amide bonds. The van der Waals surface area contributed by atoms with Crippen molar-refractivity contribution in [3.8, 4) is 24.3 Å². The van der Waals surface area contributed by atoms with Crippen LogP contribution < -0.4 is 10.4 Å². The molecule has 0 bridgehead atoms. The van der Waals surface area contributed by atoms with E-state index in [-0.39, 0.29) is 16.7 Å². The zero-order valence-corrected chi connectivity index (χ0v) is 16.5. The van der Waals surface area contributed by atoms with Crippen LogP contribution in [0, 0.1) is 57.0 Å². The molecule has 8 heteroatoms. The van der Waals surface area contributed by atoms with Gasteiger partial charge in [0.05, 0.1) is 22.8 Å². The van der Waals surface area contributed by atoms with Crippen LogP contribution in [0.1, 0.15) is 11.1 Å². The number of benzene rings is 2. The number of fused-ring (bicyclic) bond motifs is 2. The third-order valence-corrected chi connectivity index (χ3v) is 6.44. The maximum atomic E-state index is 14.7. The molecule has 4 nitrogen and oxygen atoms in total.